The van der Waals surface area contributed by atoms with Gasteiger partial charge in [0.05, 0.1) is 0 Å². The fourth-order valence-electron chi connectivity index (χ4n) is 2.40. The molecular weight excluding hydrogens is 194 g/mol. The topological polar surface area (TPSA) is 12.0 Å². The first-order chi connectivity index (χ1) is 7.41. The van der Waals surface area contributed by atoms with Gasteiger partial charge in [-0.3, -0.25) is 0 Å². The van der Waals surface area contributed by atoms with E-state index in [1.165, 1.54) is 32.1 Å². The van der Waals surface area contributed by atoms with Gasteiger partial charge in [-0.1, -0.05) is 67.2 Å². The molecule has 0 radical (unpaired) electrons. The molecule has 1 nitrogen and oxygen atoms in total. The van der Waals surface area contributed by atoms with Crippen LogP contribution in [0.25, 0.3) is 0 Å². The average Bonchev–Trinajstić information content (AvgIpc) is 2.15. The minimum atomic E-state index is 0.393. The fraction of sp³-hybridized carbons (Fsp3) is 1.00. The maximum absolute atomic E-state index is 3.63. The van der Waals surface area contributed by atoms with E-state index in [0.29, 0.717) is 11.5 Å². The summed E-state index contributed by atoms with van der Waals surface area (Å²) >= 11 is 0. The van der Waals surface area contributed by atoms with E-state index in [1.807, 2.05) is 0 Å². The lowest BCUT2D eigenvalue weighted by Gasteiger charge is -2.31. The minimum Gasteiger partial charge on any atom is -0.314 e. The predicted molar refractivity (Wildman–Crippen MR) is 74.8 cm³/mol. The summed E-state index contributed by atoms with van der Waals surface area (Å²) in [6.07, 6.45) is 6.81. The van der Waals surface area contributed by atoms with Crippen molar-refractivity contribution in [3.8, 4) is 0 Å². The molecule has 98 valence electrons. The molecule has 2 atom stereocenters. The van der Waals surface area contributed by atoms with Gasteiger partial charge in [0.25, 0.3) is 0 Å². The third kappa shape index (κ3) is 7.27. The van der Waals surface area contributed by atoms with E-state index in [-0.39, 0.29) is 0 Å². The molecule has 0 saturated carbocycles. The van der Waals surface area contributed by atoms with E-state index in [4.69, 9.17) is 0 Å². The molecule has 2 unspecified atom stereocenters. The van der Waals surface area contributed by atoms with Crippen molar-refractivity contribution in [1.29, 1.82) is 0 Å². The molecule has 0 aromatic rings. The smallest absolute Gasteiger partial charge is 0.0115 e. The Morgan fingerprint density at radius 3 is 2.06 bits per heavy atom. The molecule has 0 aliphatic carbocycles. The summed E-state index contributed by atoms with van der Waals surface area (Å²) < 4.78 is 0. The van der Waals surface area contributed by atoms with E-state index < -0.39 is 0 Å². The normalized spacial score (nSPS) is 16.1. The summed E-state index contributed by atoms with van der Waals surface area (Å²) in [5.41, 5.74) is 0.393. The Bertz CT molecular complexity index is 157. The van der Waals surface area contributed by atoms with Crippen LogP contribution in [-0.2, 0) is 0 Å². The second-order valence-corrected chi connectivity index (χ2v) is 6.30. The first-order valence-electron chi connectivity index (χ1n) is 7.15. The van der Waals surface area contributed by atoms with Gasteiger partial charge in [-0.15, -0.1) is 0 Å². The first-order valence-corrected chi connectivity index (χ1v) is 7.15. The quantitative estimate of drug-likeness (QED) is 0.638. The van der Waals surface area contributed by atoms with Crippen LogP contribution in [-0.4, -0.2) is 12.6 Å². The zero-order valence-corrected chi connectivity index (χ0v) is 12.4. The van der Waals surface area contributed by atoms with Crippen molar-refractivity contribution in [2.75, 3.05) is 6.54 Å². The summed E-state index contributed by atoms with van der Waals surface area (Å²) in [6.45, 7) is 15.0. The van der Waals surface area contributed by atoms with Crippen molar-refractivity contribution in [1.82, 2.24) is 5.32 Å². The van der Waals surface area contributed by atoms with E-state index in [1.54, 1.807) is 0 Å². The number of hydrogen-bond acceptors (Lipinski definition) is 1. The third-order valence-corrected chi connectivity index (χ3v) is 3.47. The highest BCUT2D eigenvalue weighted by molar-refractivity contribution is 4.80. The zero-order valence-electron chi connectivity index (χ0n) is 12.4. The predicted octanol–water partition coefficient (Wildman–Crippen LogP) is 4.62. The lowest BCUT2D eigenvalue weighted by atomic mass is 9.83. The summed E-state index contributed by atoms with van der Waals surface area (Å²) in [6, 6.07) is 0.673. The molecule has 0 aromatic heterocycles. The van der Waals surface area contributed by atoms with Crippen molar-refractivity contribution in [3.63, 3.8) is 0 Å². The van der Waals surface area contributed by atoms with Gasteiger partial charge in [0.15, 0.2) is 0 Å². The van der Waals surface area contributed by atoms with Crippen LogP contribution in [0, 0.1) is 11.3 Å². The summed E-state index contributed by atoms with van der Waals surface area (Å²) in [5.74, 6) is 0.909. The Morgan fingerprint density at radius 2 is 1.62 bits per heavy atom. The Kier molecular flexibility index (Phi) is 8.09. The molecular formula is C15H33N. The van der Waals surface area contributed by atoms with Gasteiger partial charge < -0.3 is 5.32 Å². The maximum atomic E-state index is 3.63. The molecule has 0 spiro atoms. The van der Waals surface area contributed by atoms with Crippen molar-refractivity contribution in [3.05, 3.63) is 0 Å². The second kappa shape index (κ2) is 8.11. The molecule has 1 heteroatoms. The molecule has 0 amide bonds. The highest BCUT2D eigenvalue weighted by atomic mass is 14.9. The van der Waals surface area contributed by atoms with Crippen LogP contribution < -0.4 is 5.32 Å². The lowest BCUT2D eigenvalue weighted by Crippen LogP contribution is -2.40. The Balaban J connectivity index is 3.85. The average molecular weight is 227 g/mol. The van der Waals surface area contributed by atoms with Crippen LogP contribution in [0.15, 0.2) is 0 Å². The van der Waals surface area contributed by atoms with Crippen LogP contribution in [0.2, 0.25) is 0 Å². The van der Waals surface area contributed by atoms with Gasteiger partial charge in [0.2, 0.25) is 0 Å². The molecule has 16 heavy (non-hydrogen) atoms. The Morgan fingerprint density at radius 1 is 1.00 bits per heavy atom. The van der Waals surface area contributed by atoms with Gasteiger partial charge >= 0.3 is 0 Å². The molecule has 0 saturated heterocycles. The second-order valence-electron chi connectivity index (χ2n) is 6.30. The van der Waals surface area contributed by atoms with Gasteiger partial charge in [-0.05, 0) is 24.3 Å². The first kappa shape index (κ1) is 16.0. The molecule has 1 N–H and O–H groups in total. The number of rotatable bonds is 8. The van der Waals surface area contributed by atoms with Crippen molar-refractivity contribution in [2.45, 2.75) is 79.7 Å². The SMILES string of the molecule is CCCC(C)CCCC(NCC)C(C)(C)C. The van der Waals surface area contributed by atoms with Crippen LogP contribution >= 0.6 is 0 Å². The van der Waals surface area contributed by atoms with Crippen molar-refractivity contribution < 1.29 is 0 Å². The summed E-state index contributed by atoms with van der Waals surface area (Å²) in [4.78, 5) is 0. The lowest BCUT2D eigenvalue weighted by molar-refractivity contribution is 0.248. The van der Waals surface area contributed by atoms with E-state index in [0.717, 1.165) is 12.5 Å². The Hall–Kier alpha value is -0.0400. The standard InChI is InChI=1S/C15H33N/c1-7-10-13(3)11-9-12-14(16-8-2)15(4,5)6/h13-14,16H,7-12H2,1-6H3. The highest BCUT2D eigenvalue weighted by Gasteiger charge is 2.22. The van der Waals surface area contributed by atoms with Gasteiger partial charge in [0.1, 0.15) is 0 Å². The van der Waals surface area contributed by atoms with E-state index in [9.17, 15) is 0 Å². The van der Waals surface area contributed by atoms with Crippen molar-refractivity contribution >= 4 is 0 Å². The molecule has 0 aliphatic rings. The monoisotopic (exact) mass is 227 g/mol. The van der Waals surface area contributed by atoms with Crippen molar-refractivity contribution in [2.24, 2.45) is 11.3 Å². The zero-order chi connectivity index (χ0) is 12.6. The largest absolute Gasteiger partial charge is 0.314 e. The summed E-state index contributed by atoms with van der Waals surface area (Å²) in [7, 11) is 0. The van der Waals surface area contributed by atoms with Crippen LogP contribution in [0.5, 0.6) is 0 Å². The minimum absolute atomic E-state index is 0.393. The highest BCUT2D eigenvalue weighted by Crippen LogP contribution is 2.24. The number of hydrogen-bond donors (Lipinski definition) is 1. The Labute approximate surface area is 103 Å². The van der Waals surface area contributed by atoms with E-state index in [2.05, 4.69) is 46.9 Å². The molecule has 0 fully saturated rings. The molecule has 0 bridgehead atoms. The molecule has 0 aliphatic heterocycles. The van der Waals surface area contributed by atoms with Crippen LogP contribution in [0.4, 0.5) is 0 Å². The van der Waals surface area contributed by atoms with Crippen LogP contribution in [0.1, 0.15) is 73.6 Å². The van der Waals surface area contributed by atoms with Gasteiger partial charge in [0, 0.05) is 6.04 Å². The third-order valence-electron chi connectivity index (χ3n) is 3.47. The summed E-state index contributed by atoms with van der Waals surface area (Å²) in [5, 5.41) is 3.63. The number of nitrogens with one attached hydrogen (secondary N) is 1. The van der Waals surface area contributed by atoms with Crippen LogP contribution in [0.3, 0.4) is 0 Å². The fourth-order valence-corrected chi connectivity index (χ4v) is 2.40. The molecule has 0 aromatic carbocycles. The van der Waals surface area contributed by atoms with Gasteiger partial charge in [-0.2, -0.15) is 0 Å². The van der Waals surface area contributed by atoms with E-state index >= 15 is 0 Å². The van der Waals surface area contributed by atoms with Gasteiger partial charge in [-0.25, -0.2) is 0 Å². The molecule has 0 heterocycles. The maximum Gasteiger partial charge on any atom is 0.0115 e. The molecule has 0 rings (SSSR count).